The van der Waals surface area contributed by atoms with Crippen molar-refractivity contribution in [2.45, 2.75) is 6.92 Å². The SMILES string of the molecule is Cc1nc2nc(Oc3cccc(NC(=N)N)c3)nc(Oc3cc(C#N)ccc3N(C)C)c2[nH]1. The Balaban J connectivity index is 1.75. The predicted molar refractivity (Wildman–Crippen MR) is 124 cm³/mol. The number of aromatic amines is 1. The number of nitrogens with two attached hydrogens (primary N) is 1. The molecular weight excluding hydrogens is 422 g/mol. The summed E-state index contributed by atoms with van der Waals surface area (Å²) in [7, 11) is 3.75. The molecule has 166 valence electrons. The Labute approximate surface area is 189 Å². The quantitative estimate of drug-likeness (QED) is 0.258. The maximum absolute atomic E-state index is 9.31. The lowest BCUT2D eigenvalue weighted by Gasteiger charge is -2.17. The molecule has 11 nitrogen and oxygen atoms in total. The van der Waals surface area contributed by atoms with Gasteiger partial charge >= 0.3 is 6.01 Å². The van der Waals surface area contributed by atoms with E-state index in [0.29, 0.717) is 39.7 Å². The van der Waals surface area contributed by atoms with Crippen LogP contribution in [0.25, 0.3) is 11.2 Å². The molecule has 5 N–H and O–H groups in total. The van der Waals surface area contributed by atoms with Gasteiger partial charge in [-0.25, -0.2) is 4.98 Å². The third kappa shape index (κ3) is 4.75. The molecule has 2 aromatic heterocycles. The minimum absolute atomic E-state index is 0.0202. The van der Waals surface area contributed by atoms with E-state index in [0.717, 1.165) is 5.69 Å². The number of nitrogens with one attached hydrogen (secondary N) is 3. The third-order valence-electron chi connectivity index (χ3n) is 4.52. The number of guanidine groups is 1. The fourth-order valence-electron chi connectivity index (χ4n) is 3.12. The number of benzene rings is 2. The summed E-state index contributed by atoms with van der Waals surface area (Å²) >= 11 is 0. The topological polar surface area (TPSA) is 162 Å². The summed E-state index contributed by atoms with van der Waals surface area (Å²) in [4.78, 5) is 18.2. The summed E-state index contributed by atoms with van der Waals surface area (Å²) in [5.41, 5.74) is 8.06. The lowest BCUT2D eigenvalue weighted by Crippen LogP contribution is -2.20. The molecule has 0 radical (unpaired) electrons. The zero-order chi connectivity index (χ0) is 23.5. The third-order valence-corrected chi connectivity index (χ3v) is 4.52. The number of H-pyrrole nitrogens is 1. The highest BCUT2D eigenvalue weighted by Gasteiger charge is 2.18. The van der Waals surface area contributed by atoms with Crippen LogP contribution in [0, 0.1) is 23.7 Å². The van der Waals surface area contributed by atoms with E-state index in [1.807, 2.05) is 19.0 Å². The van der Waals surface area contributed by atoms with Crippen molar-refractivity contribution in [3.63, 3.8) is 0 Å². The van der Waals surface area contributed by atoms with E-state index in [4.69, 9.17) is 20.6 Å². The number of ether oxygens (including phenoxy) is 2. The molecule has 0 unspecified atom stereocenters. The molecule has 0 saturated heterocycles. The van der Waals surface area contributed by atoms with E-state index in [-0.39, 0.29) is 17.9 Å². The Morgan fingerprint density at radius 1 is 1.15 bits per heavy atom. The van der Waals surface area contributed by atoms with Gasteiger partial charge in [-0.1, -0.05) is 6.07 Å². The first-order valence-corrected chi connectivity index (χ1v) is 9.85. The molecule has 0 amide bonds. The van der Waals surface area contributed by atoms with Crippen molar-refractivity contribution < 1.29 is 9.47 Å². The fraction of sp³-hybridized carbons (Fsp3) is 0.136. The van der Waals surface area contributed by atoms with Crippen LogP contribution in [0.4, 0.5) is 11.4 Å². The molecule has 4 rings (SSSR count). The second kappa shape index (κ2) is 8.72. The first kappa shape index (κ1) is 21.4. The van der Waals surface area contributed by atoms with Crippen molar-refractivity contribution in [3.8, 4) is 29.5 Å². The van der Waals surface area contributed by atoms with E-state index in [1.165, 1.54) is 0 Å². The molecule has 0 spiro atoms. The number of rotatable bonds is 6. The van der Waals surface area contributed by atoms with Gasteiger partial charge in [0.05, 0.1) is 17.3 Å². The molecule has 0 atom stereocenters. The average Bonchev–Trinajstić information content (AvgIpc) is 3.13. The van der Waals surface area contributed by atoms with E-state index < -0.39 is 0 Å². The van der Waals surface area contributed by atoms with E-state index in [2.05, 4.69) is 31.3 Å². The molecule has 33 heavy (non-hydrogen) atoms. The maximum Gasteiger partial charge on any atom is 0.327 e. The number of hydrogen-bond acceptors (Lipinski definition) is 8. The van der Waals surface area contributed by atoms with Gasteiger partial charge in [0.1, 0.15) is 17.1 Å². The van der Waals surface area contributed by atoms with Crippen LogP contribution in [-0.4, -0.2) is 40.0 Å². The number of aromatic nitrogens is 4. The van der Waals surface area contributed by atoms with E-state index in [9.17, 15) is 5.26 Å². The summed E-state index contributed by atoms with van der Waals surface area (Å²) in [5.74, 6) is 1.52. The second-order valence-electron chi connectivity index (χ2n) is 7.29. The highest BCUT2D eigenvalue weighted by Crippen LogP contribution is 2.35. The van der Waals surface area contributed by atoms with Crippen molar-refractivity contribution in [1.29, 1.82) is 10.7 Å². The normalized spacial score (nSPS) is 10.5. The van der Waals surface area contributed by atoms with Crippen LogP contribution < -0.4 is 25.4 Å². The molecule has 4 aromatic rings. The Bertz CT molecular complexity index is 1390. The highest BCUT2D eigenvalue weighted by atomic mass is 16.5. The van der Waals surface area contributed by atoms with Crippen molar-refractivity contribution in [3.05, 3.63) is 53.9 Å². The first-order chi connectivity index (χ1) is 15.8. The predicted octanol–water partition coefficient (Wildman–Crippen LogP) is 3.49. The van der Waals surface area contributed by atoms with Crippen LogP contribution in [0.2, 0.25) is 0 Å². The Kier molecular flexibility index (Phi) is 5.65. The molecule has 11 heteroatoms. The van der Waals surface area contributed by atoms with Gasteiger partial charge in [0, 0.05) is 31.9 Å². The lowest BCUT2D eigenvalue weighted by atomic mass is 10.2. The maximum atomic E-state index is 9.31. The number of fused-ring (bicyclic) bond motifs is 1. The minimum atomic E-state index is -0.191. The molecule has 0 fully saturated rings. The summed E-state index contributed by atoms with van der Waals surface area (Å²) < 4.78 is 12.0. The molecule has 0 bridgehead atoms. The summed E-state index contributed by atoms with van der Waals surface area (Å²) in [6.07, 6.45) is 0. The number of nitriles is 1. The van der Waals surface area contributed by atoms with Crippen LogP contribution >= 0.6 is 0 Å². The van der Waals surface area contributed by atoms with Crippen molar-refractivity contribution in [1.82, 2.24) is 19.9 Å². The monoisotopic (exact) mass is 443 g/mol. The first-order valence-electron chi connectivity index (χ1n) is 9.85. The van der Waals surface area contributed by atoms with E-state index >= 15 is 0 Å². The largest absolute Gasteiger partial charge is 0.435 e. The van der Waals surface area contributed by atoms with Gasteiger partial charge in [0.25, 0.3) is 5.88 Å². The van der Waals surface area contributed by atoms with Gasteiger partial charge in [-0.2, -0.15) is 15.2 Å². The van der Waals surface area contributed by atoms with Crippen molar-refractivity contribution >= 4 is 28.5 Å². The van der Waals surface area contributed by atoms with Gasteiger partial charge in [-0.15, -0.1) is 0 Å². The van der Waals surface area contributed by atoms with Gasteiger partial charge in [0.15, 0.2) is 17.4 Å². The number of nitrogens with zero attached hydrogens (tertiary/aromatic N) is 5. The Morgan fingerprint density at radius 2 is 1.97 bits per heavy atom. The molecular formula is C22H21N9O2. The zero-order valence-electron chi connectivity index (χ0n) is 18.2. The van der Waals surface area contributed by atoms with Crippen LogP contribution in [-0.2, 0) is 0 Å². The summed E-state index contributed by atoms with van der Waals surface area (Å²) in [5, 5.41) is 19.4. The van der Waals surface area contributed by atoms with Gasteiger partial charge in [-0.05, 0) is 31.2 Å². The van der Waals surface area contributed by atoms with Gasteiger partial charge < -0.3 is 30.4 Å². The highest BCUT2D eigenvalue weighted by molar-refractivity contribution is 5.89. The van der Waals surface area contributed by atoms with Crippen LogP contribution in [0.5, 0.6) is 23.4 Å². The van der Waals surface area contributed by atoms with Crippen LogP contribution in [0.3, 0.4) is 0 Å². The van der Waals surface area contributed by atoms with Gasteiger partial charge in [0.2, 0.25) is 0 Å². The number of hydrogen-bond donors (Lipinski definition) is 4. The van der Waals surface area contributed by atoms with Crippen molar-refractivity contribution in [2.75, 3.05) is 24.3 Å². The van der Waals surface area contributed by atoms with Crippen molar-refractivity contribution in [2.24, 2.45) is 5.73 Å². The molecule has 0 aliphatic carbocycles. The van der Waals surface area contributed by atoms with Gasteiger partial charge in [-0.3, -0.25) is 5.41 Å². The van der Waals surface area contributed by atoms with Crippen LogP contribution in [0.1, 0.15) is 11.4 Å². The standard InChI is InChI=1S/C22H21N9O2/c1-12-26-18-19(27-12)29-22(32-15-6-4-5-14(10-15)28-21(24)25)30-20(18)33-17-9-13(11-23)7-8-16(17)31(2)3/h4-10H,1-3H3,(H4,24,25,28)(H,26,27,29,30). The Hall–Kier alpha value is -4.85. The zero-order valence-corrected chi connectivity index (χ0v) is 18.2. The molecule has 2 heterocycles. The average molecular weight is 443 g/mol. The second-order valence-corrected chi connectivity index (χ2v) is 7.29. The summed E-state index contributed by atoms with van der Waals surface area (Å²) in [6.45, 7) is 1.80. The fourth-order valence-corrected chi connectivity index (χ4v) is 3.12. The Morgan fingerprint density at radius 3 is 2.70 bits per heavy atom. The van der Waals surface area contributed by atoms with Crippen LogP contribution in [0.15, 0.2) is 42.5 Å². The number of imidazole rings is 1. The minimum Gasteiger partial charge on any atom is -0.435 e. The summed E-state index contributed by atoms with van der Waals surface area (Å²) in [6, 6.07) is 14.2. The number of anilines is 2. The van der Waals surface area contributed by atoms with E-state index in [1.54, 1.807) is 49.4 Å². The molecule has 0 aliphatic rings. The smallest absolute Gasteiger partial charge is 0.327 e. The lowest BCUT2D eigenvalue weighted by molar-refractivity contribution is 0.417. The molecule has 0 aliphatic heterocycles. The molecule has 2 aromatic carbocycles. The number of aryl methyl sites for hydroxylation is 1. The molecule has 0 saturated carbocycles.